The molecule has 0 fully saturated rings. The van der Waals surface area contributed by atoms with Gasteiger partial charge in [0.15, 0.2) is 0 Å². The summed E-state index contributed by atoms with van der Waals surface area (Å²) in [6.07, 6.45) is 0. The standard InChI is InChI=1S/C21H21NO2/c1-23-20-10-6-5-9-18(20)19-12-11-17(14-22)13-21(19)24-15-16-7-3-2-4-8-16/h2-13H,14-15,22H2,1H3. The van der Waals surface area contributed by atoms with Gasteiger partial charge >= 0.3 is 0 Å². The molecule has 0 radical (unpaired) electrons. The Balaban J connectivity index is 1.97. The van der Waals surface area contributed by atoms with Gasteiger partial charge in [-0.15, -0.1) is 0 Å². The highest BCUT2D eigenvalue weighted by atomic mass is 16.5. The van der Waals surface area contributed by atoms with Crippen molar-refractivity contribution in [2.45, 2.75) is 13.2 Å². The Morgan fingerprint density at radius 3 is 2.21 bits per heavy atom. The molecule has 0 aliphatic carbocycles. The minimum atomic E-state index is 0.480. The fourth-order valence-corrected chi connectivity index (χ4v) is 2.64. The Labute approximate surface area is 142 Å². The summed E-state index contributed by atoms with van der Waals surface area (Å²) in [6.45, 7) is 0.991. The van der Waals surface area contributed by atoms with E-state index in [1.807, 2.05) is 60.7 Å². The number of nitrogens with two attached hydrogens (primary N) is 1. The fraction of sp³-hybridized carbons (Fsp3) is 0.143. The molecule has 122 valence electrons. The molecule has 0 unspecified atom stereocenters. The van der Waals surface area contributed by atoms with E-state index in [0.717, 1.165) is 33.8 Å². The van der Waals surface area contributed by atoms with Gasteiger partial charge in [0.2, 0.25) is 0 Å². The van der Waals surface area contributed by atoms with Crippen molar-refractivity contribution in [2.75, 3.05) is 7.11 Å². The smallest absolute Gasteiger partial charge is 0.128 e. The van der Waals surface area contributed by atoms with Crippen molar-refractivity contribution in [3.05, 3.63) is 83.9 Å². The fourth-order valence-electron chi connectivity index (χ4n) is 2.64. The van der Waals surface area contributed by atoms with Crippen LogP contribution < -0.4 is 15.2 Å². The third-order valence-corrected chi connectivity index (χ3v) is 3.92. The Kier molecular flexibility index (Phi) is 5.14. The van der Waals surface area contributed by atoms with E-state index < -0.39 is 0 Å². The first-order valence-corrected chi connectivity index (χ1v) is 7.95. The van der Waals surface area contributed by atoms with Gasteiger partial charge in [-0.2, -0.15) is 0 Å². The zero-order valence-corrected chi connectivity index (χ0v) is 13.7. The number of rotatable bonds is 6. The van der Waals surface area contributed by atoms with Crippen molar-refractivity contribution in [1.29, 1.82) is 0 Å². The lowest BCUT2D eigenvalue weighted by Gasteiger charge is -2.15. The van der Waals surface area contributed by atoms with Crippen LogP contribution in [0.1, 0.15) is 11.1 Å². The summed E-state index contributed by atoms with van der Waals surface area (Å²) < 4.78 is 11.6. The first-order chi connectivity index (χ1) is 11.8. The number of benzene rings is 3. The number of methoxy groups -OCH3 is 1. The molecule has 0 aliphatic heterocycles. The number of hydrogen-bond acceptors (Lipinski definition) is 3. The number of hydrogen-bond donors (Lipinski definition) is 1. The maximum Gasteiger partial charge on any atom is 0.128 e. The molecule has 0 aromatic heterocycles. The predicted octanol–water partition coefficient (Wildman–Crippen LogP) is 4.40. The summed E-state index contributed by atoms with van der Waals surface area (Å²) >= 11 is 0. The zero-order chi connectivity index (χ0) is 16.8. The summed E-state index contributed by atoms with van der Waals surface area (Å²) in [5.41, 5.74) is 9.96. The van der Waals surface area contributed by atoms with Gasteiger partial charge in [0.1, 0.15) is 18.1 Å². The first-order valence-electron chi connectivity index (χ1n) is 7.95. The quantitative estimate of drug-likeness (QED) is 0.732. The molecule has 3 heteroatoms. The van der Waals surface area contributed by atoms with Crippen molar-refractivity contribution < 1.29 is 9.47 Å². The summed E-state index contributed by atoms with van der Waals surface area (Å²) in [7, 11) is 1.68. The topological polar surface area (TPSA) is 44.5 Å². The molecular weight excluding hydrogens is 298 g/mol. The van der Waals surface area contributed by atoms with E-state index in [1.165, 1.54) is 0 Å². The minimum absolute atomic E-state index is 0.480. The predicted molar refractivity (Wildman–Crippen MR) is 97.1 cm³/mol. The average Bonchev–Trinajstić information content (AvgIpc) is 2.67. The second-order valence-electron chi connectivity index (χ2n) is 5.51. The van der Waals surface area contributed by atoms with Crippen LogP contribution in [0.25, 0.3) is 11.1 Å². The normalized spacial score (nSPS) is 10.4. The summed E-state index contributed by atoms with van der Waals surface area (Å²) in [5.74, 6) is 1.63. The molecule has 3 aromatic rings. The van der Waals surface area contributed by atoms with Gasteiger partial charge in [-0.25, -0.2) is 0 Å². The van der Waals surface area contributed by atoms with E-state index in [0.29, 0.717) is 13.2 Å². The van der Waals surface area contributed by atoms with Gasteiger partial charge in [0.25, 0.3) is 0 Å². The molecule has 0 atom stereocenters. The number of ether oxygens (including phenoxy) is 2. The Morgan fingerprint density at radius 1 is 0.750 bits per heavy atom. The van der Waals surface area contributed by atoms with Crippen LogP contribution in [0, 0.1) is 0 Å². The summed E-state index contributed by atoms with van der Waals surface area (Å²) in [6, 6.07) is 24.1. The molecule has 0 saturated heterocycles. The molecule has 3 nitrogen and oxygen atoms in total. The second-order valence-corrected chi connectivity index (χ2v) is 5.51. The number of para-hydroxylation sites is 1. The average molecular weight is 319 g/mol. The van der Waals surface area contributed by atoms with Crippen molar-refractivity contribution in [1.82, 2.24) is 0 Å². The van der Waals surface area contributed by atoms with Crippen molar-refractivity contribution in [3.8, 4) is 22.6 Å². The molecule has 3 aromatic carbocycles. The first kappa shape index (κ1) is 16.1. The molecular formula is C21H21NO2. The third kappa shape index (κ3) is 3.58. The van der Waals surface area contributed by atoms with Crippen molar-refractivity contribution in [2.24, 2.45) is 5.73 Å². The Bertz CT molecular complexity index is 800. The largest absolute Gasteiger partial charge is 0.496 e. The van der Waals surface area contributed by atoms with Crippen LogP contribution in [0.4, 0.5) is 0 Å². The SMILES string of the molecule is COc1ccccc1-c1ccc(CN)cc1OCc1ccccc1. The maximum atomic E-state index is 6.11. The van der Waals surface area contributed by atoms with Crippen LogP contribution in [0.15, 0.2) is 72.8 Å². The zero-order valence-electron chi connectivity index (χ0n) is 13.7. The van der Waals surface area contributed by atoms with Gasteiger partial charge in [0.05, 0.1) is 7.11 Å². The van der Waals surface area contributed by atoms with Crippen LogP contribution in [0.2, 0.25) is 0 Å². The lowest BCUT2D eigenvalue weighted by atomic mass is 10.0. The third-order valence-electron chi connectivity index (χ3n) is 3.92. The molecule has 0 spiro atoms. The molecule has 24 heavy (non-hydrogen) atoms. The summed E-state index contributed by atoms with van der Waals surface area (Å²) in [5, 5.41) is 0. The second kappa shape index (κ2) is 7.66. The van der Waals surface area contributed by atoms with E-state index in [1.54, 1.807) is 7.11 Å². The van der Waals surface area contributed by atoms with E-state index in [-0.39, 0.29) is 0 Å². The monoisotopic (exact) mass is 319 g/mol. The van der Waals surface area contributed by atoms with Gasteiger partial charge in [-0.05, 0) is 23.3 Å². The van der Waals surface area contributed by atoms with Crippen molar-refractivity contribution >= 4 is 0 Å². The van der Waals surface area contributed by atoms with Crippen LogP contribution in [0.5, 0.6) is 11.5 Å². The van der Waals surface area contributed by atoms with E-state index in [9.17, 15) is 0 Å². The Hall–Kier alpha value is -2.78. The highest BCUT2D eigenvalue weighted by Gasteiger charge is 2.12. The molecule has 0 saturated carbocycles. The molecule has 2 N–H and O–H groups in total. The molecule has 0 heterocycles. The van der Waals surface area contributed by atoms with Crippen molar-refractivity contribution in [3.63, 3.8) is 0 Å². The molecule has 0 aliphatic rings. The van der Waals surface area contributed by atoms with Gasteiger partial charge in [0, 0.05) is 17.7 Å². The van der Waals surface area contributed by atoms with E-state index in [2.05, 4.69) is 12.1 Å². The van der Waals surface area contributed by atoms with Crippen LogP contribution in [-0.2, 0) is 13.2 Å². The molecule has 0 amide bonds. The van der Waals surface area contributed by atoms with E-state index >= 15 is 0 Å². The van der Waals surface area contributed by atoms with Gasteiger partial charge in [-0.3, -0.25) is 0 Å². The van der Waals surface area contributed by atoms with Crippen LogP contribution in [0.3, 0.4) is 0 Å². The Morgan fingerprint density at radius 2 is 1.46 bits per heavy atom. The van der Waals surface area contributed by atoms with Crippen LogP contribution >= 0.6 is 0 Å². The highest BCUT2D eigenvalue weighted by molar-refractivity contribution is 5.76. The lowest BCUT2D eigenvalue weighted by Crippen LogP contribution is -2.01. The molecule has 0 bridgehead atoms. The van der Waals surface area contributed by atoms with Gasteiger partial charge in [-0.1, -0.05) is 60.7 Å². The van der Waals surface area contributed by atoms with E-state index in [4.69, 9.17) is 15.2 Å². The van der Waals surface area contributed by atoms with Crippen LogP contribution in [-0.4, -0.2) is 7.11 Å². The lowest BCUT2D eigenvalue weighted by molar-refractivity contribution is 0.307. The highest BCUT2D eigenvalue weighted by Crippen LogP contribution is 2.37. The molecule has 3 rings (SSSR count). The summed E-state index contributed by atoms with van der Waals surface area (Å²) in [4.78, 5) is 0. The van der Waals surface area contributed by atoms with Gasteiger partial charge < -0.3 is 15.2 Å². The maximum absolute atomic E-state index is 6.11. The minimum Gasteiger partial charge on any atom is -0.496 e.